The molecule has 19 heavy (non-hydrogen) atoms. The van der Waals surface area contributed by atoms with Crippen molar-refractivity contribution in [1.82, 2.24) is 5.32 Å². The number of aliphatic hydroxyl groups is 1. The number of aliphatic hydroxyl groups excluding tert-OH is 1. The lowest BCUT2D eigenvalue weighted by atomic mass is 10.1. The van der Waals surface area contributed by atoms with E-state index in [0.717, 1.165) is 25.7 Å². The Labute approximate surface area is 112 Å². The number of carbonyl (C=O) groups excluding carboxylic acids is 1. The number of halogens is 1. The molecule has 0 bridgehead atoms. The molecule has 106 valence electrons. The van der Waals surface area contributed by atoms with Crippen molar-refractivity contribution in [3.05, 3.63) is 29.6 Å². The van der Waals surface area contributed by atoms with Crippen molar-refractivity contribution in [1.29, 1.82) is 0 Å². The van der Waals surface area contributed by atoms with Crippen molar-refractivity contribution in [2.75, 3.05) is 20.3 Å². The van der Waals surface area contributed by atoms with Gasteiger partial charge in [-0.15, -0.1) is 0 Å². The summed E-state index contributed by atoms with van der Waals surface area (Å²) >= 11 is 0. The Morgan fingerprint density at radius 1 is 1.32 bits per heavy atom. The molecule has 2 N–H and O–H groups in total. The van der Waals surface area contributed by atoms with E-state index in [0.29, 0.717) is 12.3 Å². The van der Waals surface area contributed by atoms with Gasteiger partial charge in [0.15, 0.2) is 0 Å². The third kappa shape index (κ3) is 5.26. The summed E-state index contributed by atoms with van der Waals surface area (Å²) in [6, 6.07) is 4.16. The Morgan fingerprint density at radius 3 is 2.68 bits per heavy atom. The fraction of sp³-hybridized carbons (Fsp3) is 0.500. The van der Waals surface area contributed by atoms with Crippen LogP contribution in [0.2, 0.25) is 0 Å². The van der Waals surface area contributed by atoms with E-state index in [1.807, 2.05) is 0 Å². The van der Waals surface area contributed by atoms with Crippen LogP contribution in [-0.2, 0) is 0 Å². The Hall–Kier alpha value is -1.62. The Balaban J connectivity index is 2.37. The van der Waals surface area contributed by atoms with Crippen LogP contribution in [0.4, 0.5) is 4.39 Å². The number of amides is 1. The SMILES string of the molecule is COc1ccc(C(=O)NCCCCCCO)c(F)c1. The topological polar surface area (TPSA) is 58.6 Å². The normalized spacial score (nSPS) is 10.3. The predicted molar refractivity (Wildman–Crippen MR) is 70.8 cm³/mol. The second kappa shape index (κ2) is 8.48. The average Bonchev–Trinajstić information content (AvgIpc) is 2.42. The molecule has 0 aromatic heterocycles. The summed E-state index contributed by atoms with van der Waals surface area (Å²) in [5, 5.41) is 11.3. The number of methoxy groups -OCH3 is 1. The van der Waals surface area contributed by atoms with Gasteiger partial charge in [-0.3, -0.25) is 4.79 Å². The zero-order valence-electron chi connectivity index (χ0n) is 11.1. The minimum Gasteiger partial charge on any atom is -0.497 e. The molecule has 0 aliphatic heterocycles. The highest BCUT2D eigenvalue weighted by Gasteiger charge is 2.11. The van der Waals surface area contributed by atoms with E-state index in [1.54, 1.807) is 6.07 Å². The summed E-state index contributed by atoms with van der Waals surface area (Å²) in [7, 11) is 1.45. The molecule has 0 aliphatic rings. The smallest absolute Gasteiger partial charge is 0.254 e. The molecule has 0 spiro atoms. The minimum atomic E-state index is -0.586. The number of hydrogen-bond donors (Lipinski definition) is 2. The maximum Gasteiger partial charge on any atom is 0.254 e. The molecule has 1 amide bonds. The van der Waals surface area contributed by atoms with Gasteiger partial charge in [0.2, 0.25) is 0 Å². The molecular formula is C14H20FNO3. The van der Waals surface area contributed by atoms with Crippen LogP contribution in [0, 0.1) is 5.82 Å². The molecule has 5 heteroatoms. The first kappa shape index (κ1) is 15.4. The molecule has 0 saturated heterocycles. The highest BCUT2D eigenvalue weighted by molar-refractivity contribution is 5.94. The Bertz CT molecular complexity index is 410. The van der Waals surface area contributed by atoms with Crippen molar-refractivity contribution in [3.8, 4) is 5.75 Å². The van der Waals surface area contributed by atoms with Crippen molar-refractivity contribution < 1.29 is 19.0 Å². The molecule has 1 aromatic carbocycles. The Morgan fingerprint density at radius 2 is 2.05 bits per heavy atom. The van der Waals surface area contributed by atoms with Crippen molar-refractivity contribution >= 4 is 5.91 Å². The zero-order chi connectivity index (χ0) is 14.1. The summed E-state index contributed by atoms with van der Waals surface area (Å²) in [6.07, 6.45) is 3.47. The molecular weight excluding hydrogens is 249 g/mol. The van der Waals surface area contributed by atoms with Crippen molar-refractivity contribution in [2.24, 2.45) is 0 Å². The third-order valence-corrected chi connectivity index (χ3v) is 2.79. The predicted octanol–water partition coefficient (Wildman–Crippen LogP) is 2.12. The summed E-state index contributed by atoms with van der Waals surface area (Å²) < 4.78 is 18.5. The monoisotopic (exact) mass is 269 g/mol. The average molecular weight is 269 g/mol. The maximum absolute atomic E-state index is 13.6. The van der Waals surface area contributed by atoms with Gasteiger partial charge in [-0.1, -0.05) is 12.8 Å². The van der Waals surface area contributed by atoms with Crippen LogP contribution < -0.4 is 10.1 Å². The van der Waals surface area contributed by atoms with Crippen LogP contribution >= 0.6 is 0 Å². The van der Waals surface area contributed by atoms with Crippen molar-refractivity contribution in [2.45, 2.75) is 25.7 Å². The highest BCUT2D eigenvalue weighted by Crippen LogP contribution is 2.16. The van der Waals surface area contributed by atoms with E-state index in [-0.39, 0.29) is 12.2 Å². The van der Waals surface area contributed by atoms with E-state index in [9.17, 15) is 9.18 Å². The number of hydrogen-bond acceptors (Lipinski definition) is 3. The number of unbranched alkanes of at least 4 members (excludes halogenated alkanes) is 3. The summed E-state index contributed by atoms with van der Waals surface area (Å²) in [5.41, 5.74) is 0.0242. The molecule has 0 aliphatic carbocycles. The molecule has 0 fully saturated rings. The van der Waals surface area contributed by atoms with Gasteiger partial charge >= 0.3 is 0 Å². The van der Waals surface area contributed by atoms with Gasteiger partial charge < -0.3 is 15.2 Å². The first-order valence-electron chi connectivity index (χ1n) is 6.41. The van der Waals surface area contributed by atoms with E-state index in [2.05, 4.69) is 5.32 Å². The Kier molecular flexibility index (Phi) is 6.89. The van der Waals surface area contributed by atoms with Gasteiger partial charge in [0.25, 0.3) is 5.91 Å². The number of ether oxygens (including phenoxy) is 1. The van der Waals surface area contributed by atoms with E-state index >= 15 is 0 Å². The molecule has 1 rings (SSSR count). The van der Waals surface area contributed by atoms with Crippen LogP contribution in [0.5, 0.6) is 5.75 Å². The second-order valence-electron chi connectivity index (χ2n) is 4.24. The number of nitrogens with one attached hydrogen (secondary N) is 1. The molecule has 0 saturated carbocycles. The van der Waals surface area contributed by atoms with Gasteiger partial charge in [-0.2, -0.15) is 0 Å². The van der Waals surface area contributed by atoms with Gasteiger partial charge in [0.05, 0.1) is 12.7 Å². The second-order valence-corrected chi connectivity index (χ2v) is 4.24. The van der Waals surface area contributed by atoms with Crippen LogP contribution in [0.25, 0.3) is 0 Å². The molecule has 0 unspecified atom stereocenters. The summed E-state index contributed by atoms with van der Waals surface area (Å²) in [6.45, 7) is 0.707. The van der Waals surface area contributed by atoms with Gasteiger partial charge in [0, 0.05) is 19.2 Å². The fourth-order valence-corrected chi connectivity index (χ4v) is 1.69. The largest absolute Gasteiger partial charge is 0.497 e. The van der Waals surface area contributed by atoms with Crippen LogP contribution in [-0.4, -0.2) is 31.3 Å². The summed E-state index contributed by atoms with van der Waals surface area (Å²) in [4.78, 5) is 11.7. The van der Waals surface area contributed by atoms with Crippen LogP contribution in [0.1, 0.15) is 36.0 Å². The molecule has 4 nitrogen and oxygen atoms in total. The summed E-state index contributed by atoms with van der Waals surface area (Å²) in [5.74, 6) is -0.613. The zero-order valence-corrected chi connectivity index (χ0v) is 11.1. The molecule has 0 radical (unpaired) electrons. The van der Waals surface area contributed by atoms with Gasteiger partial charge in [-0.05, 0) is 25.0 Å². The standard InChI is InChI=1S/C14H20FNO3/c1-19-11-6-7-12(13(15)10-11)14(18)16-8-4-2-3-5-9-17/h6-7,10,17H,2-5,8-9H2,1H3,(H,16,18). The maximum atomic E-state index is 13.6. The lowest BCUT2D eigenvalue weighted by molar-refractivity contribution is 0.0948. The molecule has 0 heterocycles. The minimum absolute atomic E-state index is 0.0242. The van der Waals surface area contributed by atoms with E-state index < -0.39 is 11.7 Å². The van der Waals surface area contributed by atoms with Crippen LogP contribution in [0.3, 0.4) is 0 Å². The number of carbonyl (C=O) groups is 1. The van der Waals surface area contributed by atoms with Gasteiger partial charge in [0.1, 0.15) is 11.6 Å². The van der Waals surface area contributed by atoms with E-state index in [1.165, 1.54) is 19.2 Å². The molecule has 0 atom stereocenters. The quantitative estimate of drug-likeness (QED) is 0.711. The van der Waals surface area contributed by atoms with Crippen molar-refractivity contribution in [3.63, 3.8) is 0 Å². The van der Waals surface area contributed by atoms with Crippen LogP contribution in [0.15, 0.2) is 18.2 Å². The van der Waals surface area contributed by atoms with E-state index in [4.69, 9.17) is 9.84 Å². The number of rotatable bonds is 8. The number of benzene rings is 1. The fourth-order valence-electron chi connectivity index (χ4n) is 1.69. The first-order chi connectivity index (χ1) is 9.19. The highest BCUT2D eigenvalue weighted by atomic mass is 19.1. The lowest BCUT2D eigenvalue weighted by Gasteiger charge is -2.07. The first-order valence-corrected chi connectivity index (χ1v) is 6.41. The molecule has 1 aromatic rings. The third-order valence-electron chi connectivity index (χ3n) is 2.79. The van der Waals surface area contributed by atoms with Gasteiger partial charge in [-0.25, -0.2) is 4.39 Å². The lowest BCUT2D eigenvalue weighted by Crippen LogP contribution is -2.25.